The van der Waals surface area contributed by atoms with Crippen molar-refractivity contribution in [2.24, 2.45) is 0 Å². The third kappa shape index (κ3) is 5.39. The summed E-state index contributed by atoms with van der Waals surface area (Å²) in [5, 5.41) is 3.29. The van der Waals surface area contributed by atoms with E-state index in [0.29, 0.717) is 48.9 Å². The topological polar surface area (TPSA) is 162 Å². The highest BCUT2D eigenvalue weighted by atomic mass is 32.1. The lowest BCUT2D eigenvalue weighted by Crippen LogP contribution is -2.59. The summed E-state index contributed by atoms with van der Waals surface area (Å²) in [6.07, 6.45) is 6.26. The number of alkyl halides is 1. The molecule has 42 heavy (non-hydrogen) atoms. The van der Waals surface area contributed by atoms with Crippen LogP contribution in [0.4, 0.5) is 4.39 Å². The zero-order chi connectivity index (χ0) is 29.8. The first-order chi connectivity index (χ1) is 20.0. The Balaban J connectivity index is 1.13. The van der Waals surface area contributed by atoms with Gasteiger partial charge in [-0.1, -0.05) is 6.07 Å². The third-order valence-electron chi connectivity index (χ3n) is 8.31. The molecular weight excluding hydrogens is 588 g/mol. The number of thiophene rings is 1. The summed E-state index contributed by atoms with van der Waals surface area (Å²) >= 11 is 1.13. The quantitative estimate of drug-likeness (QED) is 0.355. The van der Waals surface area contributed by atoms with Crippen LogP contribution < -0.4 is 10.9 Å². The number of hydrogen-bond acceptors (Lipinski definition) is 7. The number of fused-ring (bicyclic) bond motifs is 2. The Morgan fingerprint density at radius 2 is 1.86 bits per heavy atom. The molecule has 12 nitrogen and oxygen atoms in total. The van der Waals surface area contributed by atoms with Crippen molar-refractivity contribution >= 4 is 46.7 Å². The number of halogens is 1. The lowest BCUT2D eigenvalue weighted by atomic mass is 10.0. The molecule has 3 fully saturated rings. The number of nitrogens with one attached hydrogen (secondary N) is 1. The summed E-state index contributed by atoms with van der Waals surface area (Å²) in [5.41, 5.74) is -0.508. The minimum atomic E-state index is -4.98. The van der Waals surface area contributed by atoms with Crippen LogP contribution in [0.5, 0.6) is 0 Å². The maximum absolute atomic E-state index is 14.2. The summed E-state index contributed by atoms with van der Waals surface area (Å²) in [6.45, 7) is 0.912. The highest BCUT2D eigenvalue weighted by Crippen LogP contribution is 2.53. The van der Waals surface area contributed by atoms with Gasteiger partial charge in [0.2, 0.25) is 17.7 Å². The van der Waals surface area contributed by atoms with Crippen molar-refractivity contribution in [1.29, 1.82) is 0 Å². The van der Waals surface area contributed by atoms with Gasteiger partial charge in [-0.25, -0.2) is 4.39 Å². The number of amides is 3. The molecule has 0 saturated carbocycles. The van der Waals surface area contributed by atoms with Gasteiger partial charge in [-0.2, -0.15) is 4.98 Å². The van der Waals surface area contributed by atoms with Gasteiger partial charge in [-0.05, 0) is 61.3 Å². The van der Waals surface area contributed by atoms with Crippen molar-refractivity contribution in [3.8, 4) is 0 Å². The molecule has 1 unspecified atom stereocenters. The number of nitrogens with zero attached hydrogens (tertiary/aromatic N) is 4. The second-order valence-electron chi connectivity index (χ2n) is 11.0. The van der Waals surface area contributed by atoms with Crippen molar-refractivity contribution in [3.05, 3.63) is 63.7 Å². The van der Waals surface area contributed by atoms with Crippen molar-refractivity contribution in [3.63, 3.8) is 0 Å². The van der Waals surface area contributed by atoms with E-state index in [-0.39, 0.29) is 39.9 Å². The molecule has 2 aromatic heterocycles. The molecular formula is C27H29FN5O7PS. The van der Waals surface area contributed by atoms with Gasteiger partial charge in [0.05, 0.1) is 17.2 Å². The smallest absolute Gasteiger partial charge is 0.340 e. The largest absolute Gasteiger partial charge is 0.363 e. The molecule has 3 N–H and O–H groups in total. The van der Waals surface area contributed by atoms with Crippen molar-refractivity contribution in [1.82, 2.24) is 24.7 Å². The SMILES string of the molecule is O=C(N[C@H]1CCC[C@H]2CC[C@@H](C(=O)N3CC(n4ccc(=O)nc4)C3)N2C1=O)c1cc2cc(C(F)P(=O)(O)O)ccc2s1. The molecule has 3 aliphatic rings. The fourth-order valence-corrected chi connectivity index (χ4v) is 7.58. The molecule has 0 spiro atoms. The molecule has 5 heterocycles. The van der Waals surface area contributed by atoms with E-state index < -0.39 is 31.5 Å². The molecule has 3 amide bonds. The van der Waals surface area contributed by atoms with Gasteiger partial charge in [0.25, 0.3) is 11.5 Å². The Bertz CT molecular complexity index is 1650. The Labute approximate surface area is 243 Å². The number of aromatic nitrogens is 2. The fraction of sp³-hybridized carbons (Fsp3) is 0.444. The molecule has 0 bridgehead atoms. The Hall–Kier alpha value is -3.45. The van der Waals surface area contributed by atoms with Crippen molar-refractivity contribution < 1.29 is 33.1 Å². The van der Waals surface area contributed by atoms with E-state index in [0.717, 1.165) is 17.8 Å². The highest BCUT2D eigenvalue weighted by molar-refractivity contribution is 7.51. The summed E-state index contributed by atoms with van der Waals surface area (Å²) in [5.74, 6) is -3.35. The first-order valence-corrected chi connectivity index (χ1v) is 16.2. The number of benzene rings is 1. The third-order valence-corrected chi connectivity index (χ3v) is 10.3. The summed E-state index contributed by atoms with van der Waals surface area (Å²) < 4.78 is 27.9. The predicted octanol–water partition coefficient (Wildman–Crippen LogP) is 2.33. The first kappa shape index (κ1) is 28.7. The number of rotatable bonds is 6. The summed E-state index contributed by atoms with van der Waals surface area (Å²) in [4.78, 5) is 77.4. The summed E-state index contributed by atoms with van der Waals surface area (Å²) in [7, 11) is -4.98. The van der Waals surface area contributed by atoms with Crippen LogP contribution in [0.25, 0.3) is 10.1 Å². The maximum atomic E-state index is 14.2. The van der Waals surface area contributed by atoms with Gasteiger partial charge in [0, 0.05) is 36.1 Å². The lowest BCUT2D eigenvalue weighted by Gasteiger charge is -2.43. The molecule has 1 aromatic carbocycles. The molecule has 0 aliphatic carbocycles. The van der Waals surface area contributed by atoms with E-state index >= 15 is 0 Å². The number of carbonyl (C=O) groups is 3. The van der Waals surface area contributed by atoms with Crippen LogP contribution in [0.3, 0.4) is 0 Å². The van der Waals surface area contributed by atoms with Gasteiger partial charge in [-0.3, -0.25) is 23.7 Å². The Morgan fingerprint density at radius 1 is 1.07 bits per heavy atom. The van der Waals surface area contributed by atoms with Crippen LogP contribution in [-0.4, -0.2) is 78.1 Å². The minimum absolute atomic E-state index is 0.0103. The molecule has 222 valence electrons. The Morgan fingerprint density at radius 3 is 2.57 bits per heavy atom. The van der Waals surface area contributed by atoms with E-state index in [1.54, 1.807) is 20.6 Å². The normalized spacial score (nSPS) is 23.8. The van der Waals surface area contributed by atoms with Crippen LogP contribution in [0, 0.1) is 0 Å². The monoisotopic (exact) mass is 617 g/mol. The van der Waals surface area contributed by atoms with E-state index in [9.17, 15) is 37.9 Å². The van der Waals surface area contributed by atoms with Gasteiger partial charge in [-0.15, -0.1) is 11.3 Å². The molecule has 6 rings (SSSR count). The molecule has 15 heteroatoms. The van der Waals surface area contributed by atoms with Crippen LogP contribution in [0.1, 0.15) is 59.3 Å². The number of hydrogen-bond donors (Lipinski definition) is 3. The van der Waals surface area contributed by atoms with Gasteiger partial charge >= 0.3 is 7.60 Å². The van der Waals surface area contributed by atoms with Crippen LogP contribution in [0.2, 0.25) is 0 Å². The average Bonchev–Trinajstić information content (AvgIpc) is 3.52. The van der Waals surface area contributed by atoms with E-state index in [2.05, 4.69) is 10.3 Å². The fourth-order valence-electron chi connectivity index (χ4n) is 6.09. The van der Waals surface area contributed by atoms with Gasteiger partial charge in [0.1, 0.15) is 12.1 Å². The molecule has 3 aliphatic heterocycles. The number of carbonyl (C=O) groups excluding carboxylic acids is 3. The second kappa shape index (κ2) is 11.0. The van der Waals surface area contributed by atoms with Crippen LogP contribution in [0.15, 0.2) is 47.7 Å². The maximum Gasteiger partial charge on any atom is 0.363 e. The average molecular weight is 618 g/mol. The van der Waals surface area contributed by atoms with Crippen LogP contribution in [-0.2, 0) is 14.2 Å². The van der Waals surface area contributed by atoms with Crippen molar-refractivity contribution in [2.75, 3.05) is 13.1 Å². The van der Waals surface area contributed by atoms with E-state index in [1.807, 2.05) is 0 Å². The Kier molecular flexibility index (Phi) is 7.50. The van der Waals surface area contributed by atoms with E-state index in [4.69, 9.17) is 0 Å². The van der Waals surface area contributed by atoms with Gasteiger partial charge < -0.3 is 29.5 Å². The lowest BCUT2D eigenvalue weighted by molar-refractivity contribution is -0.149. The molecule has 0 radical (unpaired) electrons. The highest BCUT2D eigenvalue weighted by Gasteiger charge is 2.47. The zero-order valence-electron chi connectivity index (χ0n) is 22.3. The van der Waals surface area contributed by atoms with E-state index in [1.165, 1.54) is 36.7 Å². The minimum Gasteiger partial charge on any atom is -0.340 e. The molecule has 3 saturated heterocycles. The summed E-state index contributed by atoms with van der Waals surface area (Å²) in [6, 6.07) is 5.51. The standard InChI is InChI=1S/C27H29FN5O7PS/c28-24(41(38,39)40)15-4-7-21-16(10-15)11-22(42-21)25(35)30-19-3-1-2-17-5-6-20(33(17)26(19)36)27(37)32-12-18(13-32)31-9-8-23(34)29-14-31/h4,7-11,14,17-20,24H,1-3,5-6,12-13H2,(H,30,35)(H2,38,39,40)/t17-,19-,20-,24?/m0/s1. The van der Waals surface area contributed by atoms with Gasteiger partial charge in [0.15, 0.2) is 0 Å². The number of likely N-dealkylation sites (tertiary alicyclic amines) is 1. The molecule has 3 aromatic rings. The first-order valence-electron chi connectivity index (χ1n) is 13.7. The van der Waals surface area contributed by atoms with Crippen molar-refractivity contribution in [2.45, 2.75) is 62.2 Å². The van der Waals surface area contributed by atoms with Crippen LogP contribution >= 0.6 is 18.9 Å². The predicted molar refractivity (Wildman–Crippen MR) is 151 cm³/mol. The molecule has 4 atom stereocenters. The zero-order valence-corrected chi connectivity index (χ0v) is 24.0. The second-order valence-corrected chi connectivity index (χ2v) is 13.7.